The number of anilines is 1. The maximum atomic E-state index is 11.6. The lowest BCUT2D eigenvalue weighted by Gasteiger charge is -2.03. The predicted octanol–water partition coefficient (Wildman–Crippen LogP) is -0.897. The highest BCUT2D eigenvalue weighted by atomic mass is 32.2. The number of hydrogen-bond donors (Lipinski definition) is 3. The van der Waals surface area contributed by atoms with E-state index in [1.807, 2.05) is 0 Å². The zero-order valence-electron chi connectivity index (χ0n) is 8.89. The minimum absolute atomic E-state index is 0.141. The van der Waals surface area contributed by atoms with Crippen molar-refractivity contribution in [1.82, 2.24) is 19.8 Å². The number of nitrogens with one attached hydrogen (secondary N) is 2. The highest BCUT2D eigenvalue weighted by molar-refractivity contribution is 7.90. The molecule has 0 bridgehead atoms. The van der Waals surface area contributed by atoms with Crippen molar-refractivity contribution in [2.24, 2.45) is 0 Å². The molecule has 2 amide bonds. The Hall–Kier alpha value is -1.77. The number of amides is 2. The first-order valence-corrected chi connectivity index (χ1v) is 5.96. The average molecular weight is 247 g/mol. The molecular formula is C7H13N5O3S. The number of sulfonamides is 1. The molecule has 0 aliphatic heterocycles. The molecule has 0 aromatic carbocycles. The normalized spacial score (nSPS) is 11.1. The molecule has 1 aromatic heterocycles. The second-order valence-corrected chi connectivity index (χ2v) is 4.57. The smallest absolute Gasteiger partial charge is 0.328 e. The Morgan fingerprint density at radius 2 is 2.25 bits per heavy atom. The summed E-state index contributed by atoms with van der Waals surface area (Å²) in [5.41, 5.74) is 5.44. The molecule has 1 aromatic rings. The van der Waals surface area contributed by atoms with Crippen molar-refractivity contribution in [3.63, 3.8) is 0 Å². The molecule has 90 valence electrons. The van der Waals surface area contributed by atoms with Crippen LogP contribution in [0.4, 0.5) is 10.6 Å². The van der Waals surface area contributed by atoms with Crippen molar-refractivity contribution in [2.45, 2.75) is 18.4 Å². The molecule has 0 aliphatic carbocycles. The molecule has 0 aliphatic rings. The zero-order chi connectivity index (χ0) is 12.3. The summed E-state index contributed by atoms with van der Waals surface area (Å²) in [4.78, 5) is 10.7. The molecule has 0 spiro atoms. The Balaban J connectivity index is 3.07. The van der Waals surface area contributed by atoms with Gasteiger partial charge in [-0.1, -0.05) is 0 Å². The molecule has 0 saturated heterocycles. The molecule has 9 heteroatoms. The first-order valence-electron chi connectivity index (χ1n) is 4.48. The fraction of sp³-hybridized carbons (Fsp3) is 0.429. The van der Waals surface area contributed by atoms with Crippen molar-refractivity contribution >= 4 is 21.9 Å². The standard InChI is InChI=1S/C7H13N5O3S/c1-3-12-4-5(6(8)10-12)16(14,15)11-7(13)9-2/h4H,3H2,1-2H3,(H2,8,10)(H2,9,11,13). The highest BCUT2D eigenvalue weighted by Crippen LogP contribution is 2.15. The van der Waals surface area contributed by atoms with Crippen molar-refractivity contribution < 1.29 is 13.2 Å². The van der Waals surface area contributed by atoms with Gasteiger partial charge in [-0.2, -0.15) is 5.10 Å². The SMILES string of the molecule is CCn1cc(S(=O)(=O)NC(=O)NC)c(N)n1. The van der Waals surface area contributed by atoms with Gasteiger partial charge in [0.05, 0.1) is 0 Å². The minimum Gasteiger partial charge on any atom is -0.381 e. The molecule has 0 saturated carbocycles. The molecule has 4 N–H and O–H groups in total. The summed E-state index contributed by atoms with van der Waals surface area (Å²) in [5, 5.41) is 5.91. The zero-order valence-corrected chi connectivity index (χ0v) is 9.71. The minimum atomic E-state index is -3.96. The fourth-order valence-electron chi connectivity index (χ4n) is 1.02. The number of urea groups is 1. The maximum Gasteiger partial charge on any atom is 0.328 e. The molecule has 0 radical (unpaired) electrons. The van der Waals surface area contributed by atoms with E-state index in [1.54, 1.807) is 11.6 Å². The van der Waals surface area contributed by atoms with Crippen LogP contribution >= 0.6 is 0 Å². The van der Waals surface area contributed by atoms with Crippen molar-refractivity contribution in [3.05, 3.63) is 6.20 Å². The number of aromatic nitrogens is 2. The Kier molecular flexibility index (Phi) is 3.38. The van der Waals surface area contributed by atoms with Gasteiger partial charge in [0.25, 0.3) is 10.0 Å². The number of rotatable bonds is 3. The number of nitrogens with two attached hydrogens (primary N) is 1. The molecule has 1 heterocycles. The molecule has 16 heavy (non-hydrogen) atoms. The monoisotopic (exact) mass is 247 g/mol. The van der Waals surface area contributed by atoms with Crippen LogP contribution in [-0.2, 0) is 16.6 Å². The van der Waals surface area contributed by atoms with Gasteiger partial charge in [-0.3, -0.25) is 4.68 Å². The van der Waals surface area contributed by atoms with E-state index < -0.39 is 16.1 Å². The molecule has 0 fully saturated rings. The topological polar surface area (TPSA) is 119 Å². The third kappa shape index (κ3) is 2.42. The average Bonchev–Trinajstić information content (AvgIpc) is 2.59. The second-order valence-electron chi connectivity index (χ2n) is 2.92. The van der Waals surface area contributed by atoms with Crippen molar-refractivity contribution in [2.75, 3.05) is 12.8 Å². The lowest BCUT2D eigenvalue weighted by molar-refractivity contribution is 0.248. The van der Waals surface area contributed by atoms with Crippen molar-refractivity contribution in [1.29, 1.82) is 0 Å². The quantitative estimate of drug-likeness (QED) is 0.639. The molecule has 0 atom stereocenters. The number of carbonyl (C=O) groups is 1. The number of hydrogen-bond acceptors (Lipinski definition) is 5. The number of carbonyl (C=O) groups excluding carboxylic acids is 1. The molecule has 0 unspecified atom stereocenters. The van der Waals surface area contributed by atoms with Gasteiger partial charge in [-0.05, 0) is 6.92 Å². The van der Waals surface area contributed by atoms with Crippen LogP contribution < -0.4 is 15.8 Å². The summed E-state index contributed by atoms with van der Waals surface area (Å²) in [5.74, 6) is -0.141. The summed E-state index contributed by atoms with van der Waals surface area (Å²) < 4.78 is 26.5. The van der Waals surface area contributed by atoms with Gasteiger partial charge in [0.2, 0.25) is 0 Å². The van der Waals surface area contributed by atoms with E-state index >= 15 is 0 Å². The van der Waals surface area contributed by atoms with Crippen LogP contribution in [0, 0.1) is 0 Å². The van der Waals surface area contributed by atoms with E-state index in [0.29, 0.717) is 6.54 Å². The predicted molar refractivity (Wildman–Crippen MR) is 57.1 cm³/mol. The van der Waals surface area contributed by atoms with Gasteiger partial charge in [-0.25, -0.2) is 17.9 Å². The van der Waals surface area contributed by atoms with Gasteiger partial charge in [0.15, 0.2) is 5.82 Å². The number of aryl methyl sites for hydroxylation is 1. The lowest BCUT2D eigenvalue weighted by Crippen LogP contribution is -2.37. The van der Waals surface area contributed by atoms with Gasteiger partial charge >= 0.3 is 6.03 Å². The lowest BCUT2D eigenvalue weighted by atomic mass is 10.6. The first-order chi connectivity index (χ1) is 7.40. The molecule has 8 nitrogen and oxygen atoms in total. The summed E-state index contributed by atoms with van der Waals surface area (Å²) in [6, 6.07) is -0.830. The van der Waals surface area contributed by atoms with Gasteiger partial charge in [0.1, 0.15) is 4.90 Å². The third-order valence-corrected chi connectivity index (χ3v) is 3.17. The Bertz CT molecular complexity index is 492. The Labute approximate surface area is 92.9 Å². The molecular weight excluding hydrogens is 234 g/mol. The van der Waals surface area contributed by atoms with E-state index in [-0.39, 0.29) is 10.7 Å². The van der Waals surface area contributed by atoms with Crippen LogP contribution in [0.1, 0.15) is 6.92 Å². The Morgan fingerprint density at radius 3 is 2.69 bits per heavy atom. The first kappa shape index (κ1) is 12.3. The number of nitrogen functional groups attached to an aromatic ring is 1. The van der Waals surface area contributed by atoms with E-state index in [4.69, 9.17) is 5.73 Å². The second kappa shape index (κ2) is 4.39. The molecule has 1 rings (SSSR count). The summed E-state index contributed by atoms with van der Waals surface area (Å²) in [6.45, 7) is 2.27. The van der Waals surface area contributed by atoms with Crippen LogP contribution in [0.25, 0.3) is 0 Å². The van der Waals surface area contributed by atoms with Crippen molar-refractivity contribution in [3.8, 4) is 0 Å². The highest BCUT2D eigenvalue weighted by Gasteiger charge is 2.22. The summed E-state index contributed by atoms with van der Waals surface area (Å²) in [7, 11) is -2.65. The van der Waals surface area contributed by atoms with E-state index in [9.17, 15) is 13.2 Å². The van der Waals surface area contributed by atoms with Crippen LogP contribution in [-0.4, -0.2) is 31.3 Å². The van der Waals surface area contributed by atoms with Gasteiger partial charge < -0.3 is 11.1 Å². The number of nitrogens with zero attached hydrogens (tertiary/aromatic N) is 2. The maximum absolute atomic E-state index is 11.6. The summed E-state index contributed by atoms with van der Waals surface area (Å²) >= 11 is 0. The Morgan fingerprint density at radius 1 is 1.62 bits per heavy atom. The largest absolute Gasteiger partial charge is 0.381 e. The van der Waals surface area contributed by atoms with Gasteiger partial charge in [-0.15, -0.1) is 0 Å². The van der Waals surface area contributed by atoms with Gasteiger partial charge in [0, 0.05) is 19.8 Å². The van der Waals surface area contributed by atoms with Crippen LogP contribution in [0.15, 0.2) is 11.1 Å². The van der Waals surface area contributed by atoms with Crippen LogP contribution in [0.5, 0.6) is 0 Å². The van der Waals surface area contributed by atoms with E-state index in [1.165, 1.54) is 17.9 Å². The fourth-order valence-corrected chi connectivity index (χ4v) is 2.05. The van der Waals surface area contributed by atoms with Crippen LogP contribution in [0.2, 0.25) is 0 Å². The summed E-state index contributed by atoms with van der Waals surface area (Å²) in [6.07, 6.45) is 1.26. The van der Waals surface area contributed by atoms with E-state index in [0.717, 1.165) is 0 Å². The van der Waals surface area contributed by atoms with Crippen LogP contribution in [0.3, 0.4) is 0 Å². The van der Waals surface area contributed by atoms with E-state index in [2.05, 4.69) is 10.4 Å². The third-order valence-electron chi connectivity index (χ3n) is 1.82.